The lowest BCUT2D eigenvalue weighted by molar-refractivity contribution is -0.129. The molecule has 6 nitrogen and oxygen atoms in total. The molecule has 180 valence electrons. The van der Waals surface area contributed by atoms with Gasteiger partial charge < -0.3 is 20.7 Å². The quantitative estimate of drug-likeness (QED) is 0.433. The number of rotatable bonds is 7. The molecule has 4 rings (SSSR count). The largest absolute Gasteiger partial charge is 0.457 e. The molecule has 0 unspecified atom stereocenters. The Morgan fingerprint density at radius 2 is 1.57 bits per heavy atom. The van der Waals surface area contributed by atoms with Gasteiger partial charge in [-0.05, 0) is 86.1 Å². The van der Waals surface area contributed by atoms with Gasteiger partial charge in [0.2, 0.25) is 11.8 Å². The highest BCUT2D eigenvalue weighted by Crippen LogP contribution is 2.25. The number of halogens is 2. The van der Waals surface area contributed by atoms with Crippen LogP contribution < -0.4 is 20.7 Å². The predicted octanol–water partition coefficient (Wildman–Crippen LogP) is 4.65. The van der Waals surface area contributed by atoms with E-state index in [1.165, 1.54) is 18.2 Å². The number of ether oxygens (including phenoxy) is 1. The van der Waals surface area contributed by atoms with Gasteiger partial charge >= 0.3 is 0 Å². The van der Waals surface area contributed by atoms with Crippen molar-refractivity contribution in [1.29, 1.82) is 0 Å². The molecule has 8 heteroatoms. The molecule has 1 aliphatic heterocycles. The summed E-state index contributed by atoms with van der Waals surface area (Å²) >= 11 is 0. The van der Waals surface area contributed by atoms with Gasteiger partial charge in [-0.2, -0.15) is 0 Å². The maximum atomic E-state index is 13.4. The third-order valence-corrected chi connectivity index (χ3v) is 5.72. The van der Waals surface area contributed by atoms with Crippen molar-refractivity contribution in [3.05, 3.63) is 96.1 Å². The zero-order valence-corrected chi connectivity index (χ0v) is 18.9. The summed E-state index contributed by atoms with van der Waals surface area (Å²) in [6, 6.07) is 19.7. The van der Waals surface area contributed by atoms with E-state index in [9.17, 15) is 18.4 Å². The van der Waals surface area contributed by atoms with Crippen LogP contribution in [0.1, 0.15) is 18.4 Å². The molecule has 0 saturated carbocycles. The van der Waals surface area contributed by atoms with Crippen molar-refractivity contribution < 1.29 is 23.1 Å². The Balaban J connectivity index is 1.42. The topological polar surface area (TPSA) is 79.5 Å². The minimum Gasteiger partial charge on any atom is -0.457 e. The van der Waals surface area contributed by atoms with Gasteiger partial charge in [-0.15, -0.1) is 0 Å². The van der Waals surface area contributed by atoms with E-state index in [-0.39, 0.29) is 5.91 Å². The van der Waals surface area contributed by atoms with Crippen LogP contribution in [0, 0.1) is 11.6 Å². The van der Waals surface area contributed by atoms with Gasteiger partial charge in [-0.25, -0.2) is 8.78 Å². The van der Waals surface area contributed by atoms with Crippen LogP contribution in [0.25, 0.3) is 6.08 Å². The average Bonchev–Trinajstić information content (AvgIpc) is 2.87. The van der Waals surface area contributed by atoms with E-state index in [0.29, 0.717) is 48.7 Å². The Morgan fingerprint density at radius 3 is 2.26 bits per heavy atom. The number of benzene rings is 3. The third-order valence-electron chi connectivity index (χ3n) is 5.72. The Bertz CT molecular complexity index is 1210. The molecule has 3 aromatic rings. The summed E-state index contributed by atoms with van der Waals surface area (Å²) in [6.45, 7) is 1.12. The minimum atomic E-state index is -1.11. The van der Waals surface area contributed by atoms with Crippen LogP contribution in [-0.4, -0.2) is 30.4 Å². The molecule has 3 aromatic carbocycles. The second-order valence-corrected chi connectivity index (χ2v) is 8.22. The molecule has 1 aliphatic rings. The maximum absolute atomic E-state index is 13.4. The fourth-order valence-electron chi connectivity index (χ4n) is 3.81. The van der Waals surface area contributed by atoms with Crippen LogP contribution in [0.4, 0.5) is 14.5 Å². The van der Waals surface area contributed by atoms with Crippen LogP contribution in [-0.2, 0) is 9.59 Å². The Kier molecular flexibility index (Phi) is 7.52. The second-order valence-electron chi connectivity index (χ2n) is 8.22. The number of hydrogen-bond donors (Lipinski definition) is 3. The van der Waals surface area contributed by atoms with Crippen LogP contribution in [0.5, 0.6) is 11.5 Å². The number of anilines is 1. The van der Waals surface area contributed by atoms with Gasteiger partial charge in [0.25, 0.3) is 0 Å². The van der Waals surface area contributed by atoms with E-state index < -0.39 is 23.1 Å². The molecule has 35 heavy (non-hydrogen) atoms. The number of amides is 2. The first-order valence-electron chi connectivity index (χ1n) is 11.2. The average molecular weight is 478 g/mol. The predicted molar refractivity (Wildman–Crippen MR) is 130 cm³/mol. The molecule has 3 N–H and O–H groups in total. The van der Waals surface area contributed by atoms with Crippen molar-refractivity contribution in [3.8, 4) is 11.5 Å². The monoisotopic (exact) mass is 477 g/mol. The van der Waals surface area contributed by atoms with E-state index in [1.54, 1.807) is 24.3 Å². The fraction of sp³-hybridized carbons (Fsp3) is 0.185. The van der Waals surface area contributed by atoms with Crippen LogP contribution >= 0.6 is 0 Å². The van der Waals surface area contributed by atoms with Gasteiger partial charge in [0, 0.05) is 11.8 Å². The number of carbonyl (C=O) groups is 2. The highest BCUT2D eigenvalue weighted by atomic mass is 19.2. The highest BCUT2D eigenvalue weighted by Gasteiger charge is 2.40. The first-order chi connectivity index (χ1) is 16.9. The van der Waals surface area contributed by atoms with Gasteiger partial charge in [-0.3, -0.25) is 9.59 Å². The van der Waals surface area contributed by atoms with E-state index in [2.05, 4.69) is 16.0 Å². The summed E-state index contributed by atoms with van der Waals surface area (Å²) in [6.07, 6.45) is 3.38. The first-order valence-corrected chi connectivity index (χ1v) is 11.2. The summed E-state index contributed by atoms with van der Waals surface area (Å²) in [7, 11) is 0. The van der Waals surface area contributed by atoms with Crippen molar-refractivity contribution in [2.45, 2.75) is 18.4 Å². The summed E-state index contributed by atoms with van der Waals surface area (Å²) in [5.74, 6) is -1.46. The van der Waals surface area contributed by atoms with Crippen molar-refractivity contribution in [1.82, 2.24) is 10.6 Å². The van der Waals surface area contributed by atoms with Crippen LogP contribution in [0.3, 0.4) is 0 Å². The maximum Gasteiger partial charge on any atom is 0.250 e. The third kappa shape index (κ3) is 6.30. The van der Waals surface area contributed by atoms with Crippen LogP contribution in [0.15, 0.2) is 78.9 Å². The number of nitrogens with one attached hydrogen (secondary N) is 3. The molecule has 1 saturated heterocycles. The number of hydrogen-bond acceptors (Lipinski definition) is 4. The minimum absolute atomic E-state index is 0.328. The van der Waals surface area contributed by atoms with E-state index in [0.717, 1.165) is 12.1 Å². The van der Waals surface area contributed by atoms with E-state index in [4.69, 9.17) is 4.74 Å². The molecule has 0 aliphatic carbocycles. The molecule has 0 atom stereocenters. The lowest BCUT2D eigenvalue weighted by Gasteiger charge is -2.36. The summed E-state index contributed by atoms with van der Waals surface area (Å²) in [5.41, 5.74) is -0.208. The van der Waals surface area contributed by atoms with E-state index >= 15 is 0 Å². The first kappa shape index (κ1) is 24.1. The lowest BCUT2D eigenvalue weighted by atomic mass is 9.87. The Labute approximate surface area is 202 Å². The van der Waals surface area contributed by atoms with Crippen LogP contribution in [0.2, 0.25) is 0 Å². The zero-order valence-electron chi connectivity index (χ0n) is 18.9. The molecule has 0 bridgehead atoms. The van der Waals surface area contributed by atoms with Crippen molar-refractivity contribution >= 4 is 23.6 Å². The highest BCUT2D eigenvalue weighted by molar-refractivity contribution is 6.03. The standard InChI is InChI=1S/C27H25F2N3O3/c28-23-12-6-19(18-24(23)29)7-13-25(33)32-27(14-16-30-17-15-27)26(34)31-20-8-10-22(11-9-20)35-21-4-2-1-3-5-21/h1-13,18,30H,14-17H2,(H,31,34)(H,32,33)/b13-7+. The van der Waals surface area contributed by atoms with Crippen molar-refractivity contribution in [2.24, 2.45) is 0 Å². The Hall–Kier alpha value is -4.04. The second kappa shape index (κ2) is 10.9. The van der Waals surface area contributed by atoms with E-state index in [1.807, 2.05) is 30.3 Å². The van der Waals surface area contributed by atoms with Gasteiger partial charge in [0.15, 0.2) is 11.6 Å². The molecule has 0 spiro atoms. The molecule has 0 aromatic heterocycles. The van der Waals surface area contributed by atoms with Crippen molar-refractivity contribution in [3.63, 3.8) is 0 Å². The molecule has 2 amide bonds. The molecular formula is C27H25F2N3O3. The van der Waals surface area contributed by atoms with Gasteiger partial charge in [0.1, 0.15) is 17.0 Å². The molecular weight excluding hydrogens is 452 g/mol. The fourth-order valence-corrected chi connectivity index (χ4v) is 3.81. The molecule has 0 radical (unpaired) electrons. The number of para-hydroxylation sites is 1. The van der Waals surface area contributed by atoms with Gasteiger partial charge in [-0.1, -0.05) is 24.3 Å². The normalized spacial score (nSPS) is 14.9. The Morgan fingerprint density at radius 1 is 0.886 bits per heavy atom. The SMILES string of the molecule is O=C(/C=C/c1ccc(F)c(F)c1)NC1(C(=O)Nc2ccc(Oc3ccccc3)cc2)CCNCC1. The smallest absolute Gasteiger partial charge is 0.250 e. The van der Waals surface area contributed by atoms with Gasteiger partial charge in [0.05, 0.1) is 0 Å². The lowest BCUT2D eigenvalue weighted by Crippen LogP contribution is -2.61. The summed E-state index contributed by atoms with van der Waals surface area (Å²) < 4.78 is 32.3. The number of piperidine rings is 1. The number of carbonyl (C=O) groups excluding carboxylic acids is 2. The molecule has 1 fully saturated rings. The zero-order chi connectivity index (χ0) is 24.7. The summed E-state index contributed by atoms with van der Waals surface area (Å²) in [4.78, 5) is 25.9. The summed E-state index contributed by atoms with van der Waals surface area (Å²) in [5, 5.41) is 8.89. The van der Waals surface area contributed by atoms with Crippen molar-refractivity contribution in [2.75, 3.05) is 18.4 Å². The molecule has 1 heterocycles.